The maximum atomic E-state index is 13.1. The third-order valence-electron chi connectivity index (χ3n) is 5.84. The van der Waals surface area contributed by atoms with Crippen LogP contribution in [0.2, 0.25) is 0 Å². The van der Waals surface area contributed by atoms with E-state index >= 15 is 0 Å². The zero-order valence-electron chi connectivity index (χ0n) is 19.1. The molecule has 3 aromatic rings. The summed E-state index contributed by atoms with van der Waals surface area (Å²) >= 11 is 1.50. The summed E-state index contributed by atoms with van der Waals surface area (Å²) in [6, 6.07) is 15.5. The van der Waals surface area contributed by atoms with E-state index in [9.17, 15) is 9.59 Å². The van der Waals surface area contributed by atoms with Gasteiger partial charge in [0.2, 0.25) is 0 Å². The Labute approximate surface area is 203 Å². The number of anilines is 1. The predicted octanol–water partition coefficient (Wildman–Crippen LogP) is 5.15. The lowest BCUT2D eigenvalue weighted by atomic mass is 9.98. The molecule has 1 aromatic heterocycles. The van der Waals surface area contributed by atoms with Crippen LogP contribution in [0.15, 0.2) is 66.6 Å². The van der Waals surface area contributed by atoms with Crippen molar-refractivity contribution in [3.63, 3.8) is 0 Å². The first kappa shape index (κ1) is 23.5. The van der Waals surface area contributed by atoms with Gasteiger partial charge in [-0.15, -0.1) is 17.9 Å². The van der Waals surface area contributed by atoms with Gasteiger partial charge in [-0.3, -0.25) is 4.79 Å². The van der Waals surface area contributed by atoms with Crippen molar-refractivity contribution in [3.05, 3.63) is 77.3 Å². The maximum Gasteiger partial charge on any atom is 0.317 e. The van der Waals surface area contributed by atoms with Gasteiger partial charge in [-0.2, -0.15) is 0 Å². The summed E-state index contributed by atoms with van der Waals surface area (Å²) in [5.41, 5.74) is 2.98. The summed E-state index contributed by atoms with van der Waals surface area (Å²) in [6.07, 6.45) is 3.31. The molecule has 0 saturated carbocycles. The molecule has 1 aliphatic heterocycles. The fourth-order valence-corrected chi connectivity index (χ4v) is 4.96. The first-order valence-corrected chi connectivity index (χ1v) is 12.1. The van der Waals surface area contributed by atoms with Crippen molar-refractivity contribution in [2.24, 2.45) is 0 Å². The number of aromatic nitrogens is 1. The van der Waals surface area contributed by atoms with Gasteiger partial charge in [0.15, 0.2) is 0 Å². The number of thiazole rings is 1. The Kier molecular flexibility index (Phi) is 7.59. The molecule has 2 aromatic carbocycles. The minimum atomic E-state index is -0.255. The number of rotatable bonds is 7. The van der Waals surface area contributed by atoms with Gasteiger partial charge in [-0.1, -0.05) is 36.4 Å². The smallest absolute Gasteiger partial charge is 0.317 e. The van der Waals surface area contributed by atoms with E-state index in [0.717, 1.165) is 29.0 Å². The first-order chi connectivity index (χ1) is 16.6. The monoisotopic (exact) mass is 476 g/mol. The van der Waals surface area contributed by atoms with Crippen molar-refractivity contribution < 1.29 is 14.3 Å². The lowest BCUT2D eigenvalue weighted by Gasteiger charge is -2.31. The van der Waals surface area contributed by atoms with E-state index in [1.165, 1.54) is 11.3 Å². The average molecular weight is 477 g/mol. The topological polar surface area (TPSA) is 83.6 Å². The fourth-order valence-electron chi connectivity index (χ4n) is 3.99. The van der Waals surface area contributed by atoms with Crippen molar-refractivity contribution >= 4 is 29.0 Å². The highest BCUT2D eigenvalue weighted by atomic mass is 32.1. The van der Waals surface area contributed by atoms with Crippen LogP contribution in [0.3, 0.4) is 0 Å². The number of piperidine rings is 1. The molecule has 0 spiro atoms. The number of hydrogen-bond acceptors (Lipinski definition) is 5. The third-order valence-corrected chi connectivity index (χ3v) is 6.85. The van der Waals surface area contributed by atoms with Crippen LogP contribution < -0.4 is 15.4 Å². The van der Waals surface area contributed by atoms with Crippen LogP contribution in [0, 0.1) is 0 Å². The summed E-state index contributed by atoms with van der Waals surface area (Å²) in [5, 5.41) is 8.57. The Balaban J connectivity index is 1.44. The number of carbonyl (C=O) groups is 2. The van der Waals surface area contributed by atoms with Gasteiger partial charge in [0.1, 0.15) is 11.4 Å². The summed E-state index contributed by atoms with van der Waals surface area (Å²) in [7, 11) is 1.60. The number of hydrogen-bond donors (Lipinski definition) is 2. The number of ether oxygens (including phenoxy) is 1. The van der Waals surface area contributed by atoms with Crippen LogP contribution in [0.5, 0.6) is 5.75 Å². The van der Waals surface area contributed by atoms with Crippen LogP contribution in [-0.4, -0.2) is 48.6 Å². The quantitative estimate of drug-likeness (QED) is 0.462. The summed E-state index contributed by atoms with van der Waals surface area (Å²) in [5.74, 6) is 0.652. The number of carbonyl (C=O) groups excluding carboxylic acids is 2. The third kappa shape index (κ3) is 5.46. The van der Waals surface area contributed by atoms with E-state index < -0.39 is 0 Å². The van der Waals surface area contributed by atoms with Crippen molar-refractivity contribution in [2.45, 2.75) is 18.8 Å². The summed E-state index contributed by atoms with van der Waals surface area (Å²) < 4.78 is 5.36. The Hall–Kier alpha value is -3.65. The van der Waals surface area contributed by atoms with E-state index in [1.807, 2.05) is 53.4 Å². The van der Waals surface area contributed by atoms with Gasteiger partial charge in [0.05, 0.1) is 17.8 Å². The second-order valence-corrected chi connectivity index (χ2v) is 8.93. The molecule has 2 N–H and O–H groups in total. The van der Waals surface area contributed by atoms with Crippen LogP contribution in [0.1, 0.15) is 34.3 Å². The molecular weight excluding hydrogens is 448 g/mol. The fraction of sp³-hybridized carbons (Fsp3) is 0.269. The molecule has 8 heteroatoms. The van der Waals surface area contributed by atoms with Crippen molar-refractivity contribution in [1.82, 2.24) is 15.2 Å². The standard InChI is InChI=1S/C26H28N4O3S/c1-3-13-27-26(32)30-14-11-19(12-15-30)25-29-23(17-34-25)24(31)28-22-16-20(33-2)9-10-21(22)18-7-5-4-6-8-18/h3-10,16-17,19H,1,11-15H2,2H3,(H,27,32)(H,28,31). The molecule has 0 bridgehead atoms. The molecule has 0 radical (unpaired) electrons. The van der Waals surface area contributed by atoms with Crippen molar-refractivity contribution in [1.29, 1.82) is 0 Å². The summed E-state index contributed by atoms with van der Waals surface area (Å²) in [6.45, 7) is 5.41. The van der Waals surface area contributed by atoms with Crippen molar-refractivity contribution in [3.8, 4) is 16.9 Å². The molecule has 1 aliphatic rings. The zero-order chi connectivity index (χ0) is 23.9. The number of benzene rings is 2. The minimum Gasteiger partial charge on any atom is -0.497 e. The first-order valence-electron chi connectivity index (χ1n) is 11.2. The predicted molar refractivity (Wildman–Crippen MR) is 136 cm³/mol. The SMILES string of the molecule is C=CCNC(=O)N1CCC(c2nc(C(=O)Nc3cc(OC)ccc3-c3ccccc3)cs2)CC1. The second kappa shape index (κ2) is 11.0. The Morgan fingerprint density at radius 2 is 1.97 bits per heavy atom. The van der Waals surface area contributed by atoms with E-state index in [2.05, 4.69) is 22.2 Å². The second-order valence-electron chi connectivity index (χ2n) is 8.04. The molecule has 4 rings (SSSR count). The molecule has 0 atom stereocenters. The number of urea groups is 1. The molecule has 0 unspecified atom stereocenters. The number of nitrogens with zero attached hydrogens (tertiary/aromatic N) is 2. The minimum absolute atomic E-state index is 0.0648. The average Bonchev–Trinajstić information content (AvgIpc) is 3.38. The Morgan fingerprint density at radius 1 is 1.21 bits per heavy atom. The largest absolute Gasteiger partial charge is 0.497 e. The molecule has 2 heterocycles. The molecule has 1 saturated heterocycles. The number of nitrogens with one attached hydrogen (secondary N) is 2. The van der Waals surface area contributed by atoms with Gasteiger partial charge in [0, 0.05) is 42.6 Å². The summed E-state index contributed by atoms with van der Waals surface area (Å²) in [4.78, 5) is 31.6. The zero-order valence-corrected chi connectivity index (χ0v) is 19.9. The highest BCUT2D eigenvalue weighted by molar-refractivity contribution is 7.10. The Morgan fingerprint density at radius 3 is 2.68 bits per heavy atom. The lowest BCUT2D eigenvalue weighted by molar-refractivity contribution is 0.102. The van der Waals surface area contributed by atoms with E-state index in [-0.39, 0.29) is 17.9 Å². The highest BCUT2D eigenvalue weighted by Gasteiger charge is 2.26. The number of amides is 3. The normalized spacial score (nSPS) is 13.9. The van der Waals surface area contributed by atoms with Gasteiger partial charge in [-0.25, -0.2) is 9.78 Å². The Bertz CT molecular complexity index is 1150. The van der Waals surface area contributed by atoms with Crippen LogP contribution in [-0.2, 0) is 0 Å². The molecule has 176 valence electrons. The van der Waals surface area contributed by atoms with Gasteiger partial charge >= 0.3 is 6.03 Å². The number of likely N-dealkylation sites (tertiary alicyclic amines) is 1. The molecule has 1 fully saturated rings. The molecule has 0 aliphatic carbocycles. The molecule has 3 amide bonds. The lowest BCUT2D eigenvalue weighted by Crippen LogP contribution is -2.44. The van der Waals surface area contributed by atoms with Crippen molar-refractivity contribution in [2.75, 3.05) is 32.1 Å². The van der Waals surface area contributed by atoms with Crippen LogP contribution >= 0.6 is 11.3 Å². The molecule has 34 heavy (non-hydrogen) atoms. The van der Waals surface area contributed by atoms with Crippen LogP contribution in [0.25, 0.3) is 11.1 Å². The molecular formula is C26H28N4O3S. The van der Waals surface area contributed by atoms with Gasteiger partial charge in [-0.05, 0) is 30.5 Å². The number of methoxy groups -OCH3 is 1. The van der Waals surface area contributed by atoms with E-state index in [4.69, 9.17) is 4.74 Å². The van der Waals surface area contributed by atoms with E-state index in [1.54, 1.807) is 18.6 Å². The van der Waals surface area contributed by atoms with Crippen LogP contribution in [0.4, 0.5) is 10.5 Å². The highest BCUT2D eigenvalue weighted by Crippen LogP contribution is 2.33. The van der Waals surface area contributed by atoms with E-state index in [0.29, 0.717) is 36.8 Å². The van der Waals surface area contributed by atoms with Gasteiger partial charge in [0.25, 0.3) is 5.91 Å². The maximum absolute atomic E-state index is 13.1. The molecule has 7 nitrogen and oxygen atoms in total. The van der Waals surface area contributed by atoms with Gasteiger partial charge < -0.3 is 20.3 Å².